The van der Waals surface area contributed by atoms with E-state index < -0.39 is 5.54 Å². The first-order valence-electron chi connectivity index (χ1n) is 6.38. The lowest BCUT2D eigenvalue weighted by Crippen LogP contribution is -2.21. The van der Waals surface area contributed by atoms with Crippen molar-refractivity contribution in [3.63, 3.8) is 0 Å². The first-order chi connectivity index (χ1) is 9.25. The van der Waals surface area contributed by atoms with Crippen LogP contribution in [0.15, 0.2) is 21.6 Å². The molecule has 1 aliphatic heterocycles. The van der Waals surface area contributed by atoms with Crippen molar-refractivity contribution in [2.45, 2.75) is 37.8 Å². The summed E-state index contributed by atoms with van der Waals surface area (Å²) in [4.78, 5) is 14.9. The van der Waals surface area contributed by atoms with Crippen molar-refractivity contribution in [1.82, 2.24) is 0 Å². The summed E-state index contributed by atoms with van der Waals surface area (Å²) in [6, 6.07) is 4.00. The van der Waals surface area contributed by atoms with Gasteiger partial charge in [0.05, 0.1) is 12.1 Å². The molecule has 0 aromatic heterocycles. The van der Waals surface area contributed by atoms with Crippen LogP contribution >= 0.6 is 15.9 Å². The molecule has 1 heterocycles. The fourth-order valence-electron chi connectivity index (χ4n) is 2.94. The van der Waals surface area contributed by atoms with Crippen molar-refractivity contribution in [2.75, 3.05) is 6.79 Å². The number of ether oxygens (including phenoxy) is 2. The molecule has 0 unspecified atom stereocenters. The summed E-state index contributed by atoms with van der Waals surface area (Å²) in [7, 11) is 0. The summed E-state index contributed by atoms with van der Waals surface area (Å²) in [6.07, 6.45) is 5.68. The van der Waals surface area contributed by atoms with E-state index in [2.05, 4.69) is 20.9 Å². The predicted molar refractivity (Wildman–Crippen MR) is 72.7 cm³/mol. The van der Waals surface area contributed by atoms with E-state index >= 15 is 0 Å². The number of halogens is 1. The molecule has 0 radical (unpaired) electrons. The summed E-state index contributed by atoms with van der Waals surface area (Å²) >= 11 is 3.59. The van der Waals surface area contributed by atoms with Gasteiger partial charge < -0.3 is 9.47 Å². The number of hydrogen-bond acceptors (Lipinski definition) is 4. The summed E-state index contributed by atoms with van der Waals surface area (Å²) in [5.74, 6) is 0.830. The van der Waals surface area contributed by atoms with Gasteiger partial charge in [0, 0.05) is 10.0 Å². The average molecular weight is 324 g/mol. The number of fused-ring (bicyclic) bond motifs is 1. The Hall–Kier alpha value is -1.16. The molecular formula is C14H14BrNO3. The Kier molecular flexibility index (Phi) is 3.44. The second-order valence-corrected chi connectivity index (χ2v) is 5.85. The second kappa shape index (κ2) is 5.08. The first-order valence-corrected chi connectivity index (χ1v) is 7.17. The summed E-state index contributed by atoms with van der Waals surface area (Å²) in [5, 5.41) is 0. The van der Waals surface area contributed by atoms with Gasteiger partial charge in [-0.3, -0.25) is 0 Å². The molecule has 3 rings (SSSR count). The van der Waals surface area contributed by atoms with Gasteiger partial charge in [-0.25, -0.2) is 4.79 Å². The quantitative estimate of drug-likeness (QED) is 0.619. The van der Waals surface area contributed by atoms with E-state index in [1.807, 2.05) is 12.1 Å². The molecule has 1 saturated carbocycles. The number of carbonyl (C=O) groups excluding carboxylic acids is 1. The average Bonchev–Trinajstić information content (AvgIpc) is 2.88. The van der Waals surface area contributed by atoms with E-state index in [1.165, 1.54) is 0 Å². The number of benzene rings is 1. The molecule has 19 heavy (non-hydrogen) atoms. The van der Waals surface area contributed by atoms with Gasteiger partial charge in [-0.1, -0.05) is 28.8 Å². The summed E-state index contributed by atoms with van der Waals surface area (Å²) in [6.45, 7) is 0.830. The molecule has 0 saturated heterocycles. The molecular weight excluding hydrogens is 310 g/mol. The topological polar surface area (TPSA) is 47.9 Å². The molecule has 0 N–H and O–H groups in total. The van der Waals surface area contributed by atoms with Gasteiger partial charge in [0.2, 0.25) is 6.08 Å². The smallest absolute Gasteiger partial charge is 0.235 e. The highest BCUT2D eigenvalue weighted by molar-refractivity contribution is 9.10. The lowest BCUT2D eigenvalue weighted by molar-refractivity contribution is -0.0165. The normalized spacial score (nSPS) is 20.3. The molecule has 1 aliphatic carbocycles. The van der Waals surface area contributed by atoms with Gasteiger partial charge in [0.15, 0.2) is 6.79 Å². The minimum absolute atomic E-state index is 0.276. The Morgan fingerprint density at radius 1 is 1.32 bits per heavy atom. The van der Waals surface area contributed by atoms with Crippen molar-refractivity contribution in [1.29, 1.82) is 0 Å². The zero-order valence-corrected chi connectivity index (χ0v) is 12.0. The van der Waals surface area contributed by atoms with E-state index in [0.29, 0.717) is 6.61 Å². The van der Waals surface area contributed by atoms with Gasteiger partial charge in [-0.2, -0.15) is 4.99 Å². The minimum Gasteiger partial charge on any atom is -0.467 e. The highest BCUT2D eigenvalue weighted by atomic mass is 79.9. The molecule has 4 nitrogen and oxygen atoms in total. The number of rotatable bonds is 2. The van der Waals surface area contributed by atoms with Crippen LogP contribution in [-0.4, -0.2) is 12.9 Å². The third-order valence-electron chi connectivity index (χ3n) is 3.90. The fraction of sp³-hybridized carbons (Fsp3) is 0.500. The summed E-state index contributed by atoms with van der Waals surface area (Å²) < 4.78 is 11.7. The molecule has 2 aliphatic rings. The van der Waals surface area contributed by atoms with Crippen molar-refractivity contribution in [3.05, 3.63) is 27.7 Å². The zero-order chi connectivity index (χ0) is 13.3. The third kappa shape index (κ3) is 2.22. The van der Waals surface area contributed by atoms with Crippen molar-refractivity contribution < 1.29 is 14.3 Å². The van der Waals surface area contributed by atoms with Gasteiger partial charge in [-0.05, 0) is 30.5 Å². The van der Waals surface area contributed by atoms with E-state index in [9.17, 15) is 4.79 Å². The highest BCUT2D eigenvalue weighted by Crippen LogP contribution is 2.46. The monoisotopic (exact) mass is 323 g/mol. The Morgan fingerprint density at radius 3 is 2.84 bits per heavy atom. The maximum absolute atomic E-state index is 10.8. The molecule has 0 atom stereocenters. The number of aliphatic imine (C=N–C) groups is 1. The van der Waals surface area contributed by atoms with Crippen LogP contribution in [0.5, 0.6) is 5.75 Å². The van der Waals surface area contributed by atoms with E-state index in [-0.39, 0.29) is 6.79 Å². The summed E-state index contributed by atoms with van der Waals surface area (Å²) in [5.41, 5.74) is 1.61. The van der Waals surface area contributed by atoms with Crippen LogP contribution in [0, 0.1) is 0 Å². The van der Waals surface area contributed by atoms with Gasteiger partial charge in [0.25, 0.3) is 0 Å². The zero-order valence-electron chi connectivity index (χ0n) is 10.4. The van der Waals surface area contributed by atoms with Gasteiger partial charge in [0.1, 0.15) is 5.75 Å². The number of isocyanates is 1. The lowest BCUT2D eigenvalue weighted by atomic mass is 9.88. The van der Waals surface area contributed by atoms with Crippen molar-refractivity contribution in [2.24, 2.45) is 4.99 Å². The Labute approximate surface area is 119 Å². The van der Waals surface area contributed by atoms with Crippen LogP contribution in [0.2, 0.25) is 0 Å². The SMILES string of the molecule is O=C=NC1(c2cc3c(cc2Br)COCO3)CCCC1. The third-order valence-corrected chi connectivity index (χ3v) is 4.55. The van der Waals surface area contributed by atoms with E-state index in [4.69, 9.17) is 9.47 Å². The fourth-order valence-corrected chi connectivity index (χ4v) is 3.70. The molecule has 0 spiro atoms. The Balaban J connectivity index is 2.10. The van der Waals surface area contributed by atoms with Crippen molar-refractivity contribution >= 4 is 22.0 Å². The van der Waals surface area contributed by atoms with Crippen LogP contribution in [0.3, 0.4) is 0 Å². The first kappa shape index (κ1) is 12.9. The highest BCUT2D eigenvalue weighted by Gasteiger charge is 2.38. The van der Waals surface area contributed by atoms with Crippen LogP contribution in [0.4, 0.5) is 0 Å². The van der Waals surface area contributed by atoms with Crippen LogP contribution in [-0.2, 0) is 21.7 Å². The molecule has 5 heteroatoms. The van der Waals surface area contributed by atoms with Crippen LogP contribution in [0.25, 0.3) is 0 Å². The predicted octanol–water partition coefficient (Wildman–Crippen LogP) is 3.42. The van der Waals surface area contributed by atoms with E-state index in [0.717, 1.165) is 47.0 Å². The number of hydrogen-bond donors (Lipinski definition) is 0. The molecule has 1 aromatic rings. The maximum atomic E-state index is 10.8. The molecule has 1 fully saturated rings. The van der Waals surface area contributed by atoms with Crippen LogP contribution < -0.4 is 4.74 Å². The van der Waals surface area contributed by atoms with Gasteiger partial charge in [-0.15, -0.1) is 0 Å². The largest absolute Gasteiger partial charge is 0.467 e. The van der Waals surface area contributed by atoms with Gasteiger partial charge >= 0.3 is 0 Å². The second-order valence-electron chi connectivity index (χ2n) is 4.99. The Morgan fingerprint density at radius 2 is 2.11 bits per heavy atom. The minimum atomic E-state index is -0.433. The lowest BCUT2D eigenvalue weighted by Gasteiger charge is -2.27. The Bertz CT molecular complexity index is 546. The molecule has 1 aromatic carbocycles. The standard InChI is InChI=1S/C14H14BrNO3/c15-12-5-10-7-18-9-19-13(10)6-11(12)14(16-8-17)3-1-2-4-14/h5-6H,1-4,7,9H2. The molecule has 0 amide bonds. The van der Waals surface area contributed by atoms with E-state index in [1.54, 1.807) is 6.08 Å². The molecule has 100 valence electrons. The van der Waals surface area contributed by atoms with Crippen LogP contribution in [0.1, 0.15) is 36.8 Å². The number of nitrogens with zero attached hydrogens (tertiary/aromatic N) is 1. The van der Waals surface area contributed by atoms with Crippen molar-refractivity contribution in [3.8, 4) is 5.75 Å². The maximum Gasteiger partial charge on any atom is 0.235 e. The molecule has 0 bridgehead atoms.